The number of pyridine rings is 1. The van der Waals surface area contributed by atoms with Gasteiger partial charge in [-0.3, -0.25) is 4.79 Å². The number of nitrogens with zero attached hydrogens (tertiary/aromatic N) is 3. The molecule has 4 rings (SSSR count). The molecule has 6 heteroatoms. The van der Waals surface area contributed by atoms with Crippen molar-refractivity contribution in [1.29, 1.82) is 0 Å². The summed E-state index contributed by atoms with van der Waals surface area (Å²) < 4.78 is 7.54. The third kappa shape index (κ3) is 3.01. The zero-order valence-corrected chi connectivity index (χ0v) is 13.6. The number of aromatic nitrogens is 3. The Kier molecular flexibility index (Phi) is 3.78. The molecule has 1 amide bonds. The average molecular weight is 332 g/mol. The highest BCUT2D eigenvalue weighted by Gasteiger charge is 2.20. The monoisotopic (exact) mass is 332 g/mol. The van der Waals surface area contributed by atoms with Gasteiger partial charge in [0.1, 0.15) is 5.65 Å². The summed E-state index contributed by atoms with van der Waals surface area (Å²) in [6.07, 6.45) is 3.81. The Balaban J connectivity index is 1.55. The minimum Gasteiger partial charge on any atom is -0.440 e. The van der Waals surface area contributed by atoms with Crippen LogP contribution in [0.5, 0.6) is 0 Å². The van der Waals surface area contributed by atoms with E-state index in [1.54, 1.807) is 6.92 Å². The standard InChI is InChI=1S/C19H16N4O2/c1-13-21-17(18(25-13)14-7-3-2-4-8-14)19(24)20-11-15-12-23-10-6-5-9-16(23)22-15/h2-10,12H,11H2,1H3,(H,20,24). The van der Waals surface area contributed by atoms with Gasteiger partial charge < -0.3 is 14.1 Å². The third-order valence-corrected chi connectivity index (χ3v) is 3.83. The van der Waals surface area contributed by atoms with Crippen molar-refractivity contribution in [2.45, 2.75) is 13.5 Å². The maximum atomic E-state index is 12.6. The molecule has 0 atom stereocenters. The third-order valence-electron chi connectivity index (χ3n) is 3.83. The van der Waals surface area contributed by atoms with E-state index in [1.165, 1.54) is 0 Å². The molecule has 3 heterocycles. The minimum atomic E-state index is -0.284. The molecular weight excluding hydrogens is 316 g/mol. The number of aryl methyl sites for hydroxylation is 1. The van der Waals surface area contributed by atoms with Crippen molar-refractivity contribution in [3.8, 4) is 11.3 Å². The van der Waals surface area contributed by atoms with Crippen molar-refractivity contribution in [2.75, 3.05) is 0 Å². The van der Waals surface area contributed by atoms with Gasteiger partial charge in [-0.15, -0.1) is 0 Å². The molecule has 0 fully saturated rings. The highest BCUT2D eigenvalue weighted by atomic mass is 16.4. The quantitative estimate of drug-likeness (QED) is 0.623. The fraction of sp³-hybridized carbons (Fsp3) is 0.105. The molecule has 0 aliphatic carbocycles. The molecule has 124 valence electrons. The topological polar surface area (TPSA) is 72.4 Å². The van der Waals surface area contributed by atoms with Crippen LogP contribution in [0.3, 0.4) is 0 Å². The number of nitrogens with one attached hydrogen (secondary N) is 1. The summed E-state index contributed by atoms with van der Waals surface area (Å²) in [4.78, 5) is 21.3. The maximum absolute atomic E-state index is 12.6. The summed E-state index contributed by atoms with van der Waals surface area (Å²) >= 11 is 0. The predicted octanol–water partition coefficient (Wildman–Crippen LogP) is 3.23. The fourth-order valence-electron chi connectivity index (χ4n) is 2.69. The molecule has 25 heavy (non-hydrogen) atoms. The largest absolute Gasteiger partial charge is 0.440 e. The number of benzene rings is 1. The van der Waals surface area contributed by atoms with Crippen LogP contribution < -0.4 is 5.32 Å². The van der Waals surface area contributed by atoms with Crippen LogP contribution in [-0.4, -0.2) is 20.3 Å². The normalized spacial score (nSPS) is 10.9. The van der Waals surface area contributed by atoms with Gasteiger partial charge in [0.05, 0.1) is 12.2 Å². The van der Waals surface area contributed by atoms with E-state index >= 15 is 0 Å². The SMILES string of the molecule is Cc1nc(C(=O)NCc2cn3ccccc3n2)c(-c2ccccc2)o1. The summed E-state index contributed by atoms with van der Waals surface area (Å²) in [5.74, 6) is 0.648. The Bertz CT molecular complexity index is 1000. The lowest BCUT2D eigenvalue weighted by molar-refractivity contribution is 0.0946. The first-order valence-electron chi connectivity index (χ1n) is 7.94. The van der Waals surface area contributed by atoms with Gasteiger partial charge >= 0.3 is 0 Å². The minimum absolute atomic E-state index is 0.284. The fourth-order valence-corrected chi connectivity index (χ4v) is 2.69. The predicted molar refractivity (Wildman–Crippen MR) is 93.0 cm³/mol. The second-order valence-corrected chi connectivity index (χ2v) is 5.66. The van der Waals surface area contributed by atoms with Crippen molar-refractivity contribution in [1.82, 2.24) is 19.7 Å². The Morgan fingerprint density at radius 1 is 1.12 bits per heavy atom. The first-order chi connectivity index (χ1) is 12.2. The molecule has 0 bridgehead atoms. The molecule has 0 spiro atoms. The Hall–Kier alpha value is -3.41. The van der Waals surface area contributed by atoms with Crippen molar-refractivity contribution in [3.63, 3.8) is 0 Å². The van der Waals surface area contributed by atoms with Crippen molar-refractivity contribution in [3.05, 3.63) is 78.2 Å². The summed E-state index contributed by atoms with van der Waals surface area (Å²) in [6, 6.07) is 15.3. The molecule has 1 N–H and O–H groups in total. The summed E-state index contributed by atoms with van der Waals surface area (Å²) in [7, 11) is 0. The number of rotatable bonds is 4. The highest BCUT2D eigenvalue weighted by Crippen LogP contribution is 2.24. The lowest BCUT2D eigenvalue weighted by Crippen LogP contribution is -2.24. The summed E-state index contributed by atoms with van der Waals surface area (Å²) in [6.45, 7) is 2.05. The number of oxazole rings is 1. The van der Waals surface area contributed by atoms with E-state index in [4.69, 9.17) is 4.42 Å². The maximum Gasteiger partial charge on any atom is 0.274 e. The molecule has 0 saturated carbocycles. The number of hydrogen-bond donors (Lipinski definition) is 1. The van der Waals surface area contributed by atoms with E-state index in [2.05, 4.69) is 15.3 Å². The second-order valence-electron chi connectivity index (χ2n) is 5.66. The van der Waals surface area contributed by atoms with Crippen molar-refractivity contribution in [2.24, 2.45) is 0 Å². The van der Waals surface area contributed by atoms with Gasteiger partial charge in [0.25, 0.3) is 5.91 Å². The zero-order chi connectivity index (χ0) is 17.2. The summed E-state index contributed by atoms with van der Waals surface area (Å²) in [5, 5.41) is 2.86. The number of imidazole rings is 1. The molecule has 0 radical (unpaired) electrons. The zero-order valence-electron chi connectivity index (χ0n) is 13.6. The molecule has 0 aliphatic heterocycles. The number of carbonyl (C=O) groups excluding carboxylic acids is 1. The van der Waals surface area contributed by atoms with Gasteiger partial charge in [-0.2, -0.15) is 0 Å². The van der Waals surface area contributed by atoms with E-state index in [1.807, 2.05) is 65.3 Å². The van der Waals surface area contributed by atoms with Crippen LogP contribution in [0.1, 0.15) is 22.1 Å². The van der Waals surface area contributed by atoms with Gasteiger partial charge in [0, 0.05) is 24.9 Å². The molecule has 0 saturated heterocycles. The molecule has 3 aromatic heterocycles. The molecule has 6 nitrogen and oxygen atoms in total. The van der Waals surface area contributed by atoms with Crippen LogP contribution in [0.15, 0.2) is 65.3 Å². The van der Waals surface area contributed by atoms with E-state index in [9.17, 15) is 4.79 Å². The smallest absolute Gasteiger partial charge is 0.274 e. The number of carbonyl (C=O) groups is 1. The number of amides is 1. The number of fused-ring (bicyclic) bond motifs is 1. The first-order valence-corrected chi connectivity index (χ1v) is 7.94. The van der Waals surface area contributed by atoms with E-state index in [0.29, 0.717) is 18.2 Å². The molecule has 0 aliphatic rings. The lowest BCUT2D eigenvalue weighted by Gasteiger charge is -2.02. The van der Waals surface area contributed by atoms with Crippen molar-refractivity contribution < 1.29 is 9.21 Å². The van der Waals surface area contributed by atoms with Gasteiger partial charge in [-0.25, -0.2) is 9.97 Å². The summed E-state index contributed by atoms with van der Waals surface area (Å²) in [5.41, 5.74) is 2.73. The van der Waals surface area contributed by atoms with E-state index < -0.39 is 0 Å². The van der Waals surface area contributed by atoms with Gasteiger partial charge in [-0.1, -0.05) is 36.4 Å². The van der Waals surface area contributed by atoms with Crippen LogP contribution in [-0.2, 0) is 6.54 Å². The van der Waals surface area contributed by atoms with Crippen LogP contribution in [0.4, 0.5) is 0 Å². The van der Waals surface area contributed by atoms with E-state index in [-0.39, 0.29) is 11.6 Å². The van der Waals surface area contributed by atoms with Gasteiger partial charge in [-0.05, 0) is 12.1 Å². The number of hydrogen-bond acceptors (Lipinski definition) is 4. The van der Waals surface area contributed by atoms with E-state index in [0.717, 1.165) is 16.9 Å². The Labute approximate surface area is 144 Å². The average Bonchev–Trinajstić information content (AvgIpc) is 3.23. The molecular formula is C19H16N4O2. The van der Waals surface area contributed by atoms with Crippen LogP contribution in [0.25, 0.3) is 17.0 Å². The van der Waals surface area contributed by atoms with Crippen LogP contribution in [0, 0.1) is 6.92 Å². The molecule has 0 unspecified atom stereocenters. The van der Waals surface area contributed by atoms with Gasteiger partial charge in [0.15, 0.2) is 17.3 Å². The van der Waals surface area contributed by atoms with Crippen molar-refractivity contribution >= 4 is 11.6 Å². The second kappa shape index (κ2) is 6.24. The van der Waals surface area contributed by atoms with Crippen LogP contribution in [0.2, 0.25) is 0 Å². The lowest BCUT2D eigenvalue weighted by atomic mass is 10.1. The Morgan fingerprint density at radius 2 is 1.92 bits per heavy atom. The molecule has 4 aromatic rings. The van der Waals surface area contributed by atoms with Crippen LogP contribution >= 0.6 is 0 Å². The first kappa shape index (κ1) is 15.1. The highest BCUT2D eigenvalue weighted by molar-refractivity contribution is 5.97. The Morgan fingerprint density at radius 3 is 2.72 bits per heavy atom. The molecule has 1 aromatic carbocycles. The van der Waals surface area contributed by atoms with Gasteiger partial charge in [0.2, 0.25) is 0 Å².